The fourth-order valence-electron chi connectivity index (χ4n) is 2.65. The molecule has 1 heterocycles. The van der Waals surface area contributed by atoms with Crippen LogP contribution in [0.5, 0.6) is 5.75 Å². The molecule has 0 radical (unpaired) electrons. The Hall–Kier alpha value is -3.15. The summed E-state index contributed by atoms with van der Waals surface area (Å²) in [4.78, 5) is 12.2. The molecule has 0 bridgehead atoms. The van der Waals surface area contributed by atoms with E-state index in [-0.39, 0.29) is 5.91 Å². The molecule has 0 saturated heterocycles. The van der Waals surface area contributed by atoms with Crippen molar-refractivity contribution in [1.29, 1.82) is 0 Å². The zero-order valence-electron chi connectivity index (χ0n) is 15.0. The van der Waals surface area contributed by atoms with Crippen LogP contribution in [0.2, 0.25) is 0 Å². The summed E-state index contributed by atoms with van der Waals surface area (Å²) in [5, 5.41) is 11.0. The standard InChI is InChI=1S/C20H22N4O2/c1-3-21-20(25)16-9-10-19(17(13-16)18-14-24(2)23-22-18)26-12-11-15-7-5-4-6-8-15/h4-10,13-14H,3,11-12H2,1-2H3,(H,21,25). The molecule has 0 atom stereocenters. The van der Waals surface area contributed by atoms with Crippen LogP contribution >= 0.6 is 0 Å². The van der Waals surface area contributed by atoms with Crippen LogP contribution in [-0.4, -0.2) is 34.1 Å². The van der Waals surface area contributed by atoms with Gasteiger partial charge in [0.05, 0.1) is 12.8 Å². The molecule has 1 N–H and O–H groups in total. The van der Waals surface area contributed by atoms with Gasteiger partial charge in [-0.05, 0) is 30.7 Å². The van der Waals surface area contributed by atoms with Gasteiger partial charge in [-0.3, -0.25) is 9.48 Å². The lowest BCUT2D eigenvalue weighted by molar-refractivity contribution is 0.0956. The average molecular weight is 350 g/mol. The fraction of sp³-hybridized carbons (Fsp3) is 0.250. The zero-order valence-corrected chi connectivity index (χ0v) is 15.0. The van der Waals surface area contributed by atoms with E-state index in [1.165, 1.54) is 5.56 Å². The minimum atomic E-state index is -0.117. The zero-order chi connectivity index (χ0) is 18.4. The Balaban J connectivity index is 1.82. The van der Waals surface area contributed by atoms with E-state index >= 15 is 0 Å². The lowest BCUT2D eigenvalue weighted by atomic mass is 10.1. The first-order valence-corrected chi connectivity index (χ1v) is 8.63. The van der Waals surface area contributed by atoms with Crippen molar-refractivity contribution >= 4 is 5.91 Å². The molecule has 134 valence electrons. The molecule has 0 spiro atoms. The van der Waals surface area contributed by atoms with E-state index in [0.29, 0.717) is 30.2 Å². The van der Waals surface area contributed by atoms with Gasteiger partial charge in [-0.2, -0.15) is 0 Å². The summed E-state index contributed by atoms with van der Waals surface area (Å²) in [5.41, 5.74) is 3.22. The second-order valence-electron chi connectivity index (χ2n) is 5.93. The summed E-state index contributed by atoms with van der Waals surface area (Å²) in [6.07, 6.45) is 2.61. The first-order valence-electron chi connectivity index (χ1n) is 8.63. The Bertz CT molecular complexity index is 875. The van der Waals surface area contributed by atoms with Crippen molar-refractivity contribution in [3.63, 3.8) is 0 Å². The summed E-state index contributed by atoms with van der Waals surface area (Å²) >= 11 is 0. The Morgan fingerprint density at radius 3 is 2.69 bits per heavy atom. The number of rotatable bonds is 7. The van der Waals surface area contributed by atoms with Gasteiger partial charge >= 0.3 is 0 Å². The van der Waals surface area contributed by atoms with Gasteiger partial charge < -0.3 is 10.1 Å². The Morgan fingerprint density at radius 2 is 2.00 bits per heavy atom. The molecule has 0 aliphatic carbocycles. The second kappa shape index (κ2) is 8.29. The summed E-state index contributed by atoms with van der Waals surface area (Å²) < 4.78 is 7.62. The highest BCUT2D eigenvalue weighted by Gasteiger charge is 2.14. The minimum Gasteiger partial charge on any atom is -0.493 e. The second-order valence-corrected chi connectivity index (χ2v) is 5.93. The molecule has 0 aliphatic rings. The highest BCUT2D eigenvalue weighted by atomic mass is 16.5. The van der Waals surface area contributed by atoms with E-state index in [0.717, 1.165) is 12.0 Å². The van der Waals surface area contributed by atoms with Gasteiger partial charge in [0.15, 0.2) is 0 Å². The Labute approximate surface area is 152 Å². The molecule has 3 aromatic rings. The molecular weight excluding hydrogens is 328 g/mol. The third kappa shape index (κ3) is 4.27. The quantitative estimate of drug-likeness (QED) is 0.711. The smallest absolute Gasteiger partial charge is 0.251 e. The van der Waals surface area contributed by atoms with E-state index in [4.69, 9.17) is 4.74 Å². The summed E-state index contributed by atoms with van der Waals surface area (Å²) in [5.74, 6) is 0.572. The van der Waals surface area contributed by atoms with E-state index in [9.17, 15) is 4.79 Å². The summed E-state index contributed by atoms with van der Waals surface area (Å²) in [6.45, 7) is 3.01. The maximum Gasteiger partial charge on any atom is 0.251 e. The predicted octanol–water partition coefficient (Wildman–Crippen LogP) is 2.85. The maximum atomic E-state index is 12.2. The molecule has 1 aromatic heterocycles. The molecule has 0 unspecified atom stereocenters. The number of amides is 1. The van der Waals surface area contributed by atoms with Crippen molar-refractivity contribution in [1.82, 2.24) is 20.3 Å². The number of carbonyl (C=O) groups is 1. The molecule has 6 nitrogen and oxygen atoms in total. The van der Waals surface area contributed by atoms with Crippen molar-refractivity contribution in [3.05, 3.63) is 65.9 Å². The molecular formula is C20H22N4O2. The number of aromatic nitrogens is 3. The lowest BCUT2D eigenvalue weighted by Crippen LogP contribution is -2.22. The largest absolute Gasteiger partial charge is 0.493 e. The Morgan fingerprint density at radius 1 is 1.19 bits per heavy atom. The fourth-order valence-corrected chi connectivity index (χ4v) is 2.65. The number of ether oxygens (including phenoxy) is 1. The molecule has 26 heavy (non-hydrogen) atoms. The van der Waals surface area contributed by atoms with Crippen LogP contribution in [0, 0.1) is 0 Å². The monoisotopic (exact) mass is 350 g/mol. The van der Waals surface area contributed by atoms with Crippen LogP contribution in [0.4, 0.5) is 0 Å². The van der Waals surface area contributed by atoms with E-state index < -0.39 is 0 Å². The minimum absolute atomic E-state index is 0.117. The normalized spacial score (nSPS) is 10.5. The van der Waals surface area contributed by atoms with Crippen LogP contribution in [0.25, 0.3) is 11.3 Å². The predicted molar refractivity (Wildman–Crippen MR) is 100 cm³/mol. The summed E-state index contributed by atoms with van der Waals surface area (Å²) in [6, 6.07) is 15.6. The number of hydrogen-bond acceptors (Lipinski definition) is 4. The molecule has 0 fully saturated rings. The van der Waals surface area contributed by atoms with Gasteiger partial charge in [-0.15, -0.1) is 5.10 Å². The molecule has 1 amide bonds. The highest BCUT2D eigenvalue weighted by Crippen LogP contribution is 2.29. The summed E-state index contributed by atoms with van der Waals surface area (Å²) in [7, 11) is 1.81. The van der Waals surface area contributed by atoms with Crippen LogP contribution < -0.4 is 10.1 Å². The van der Waals surface area contributed by atoms with E-state index in [1.54, 1.807) is 30.1 Å². The van der Waals surface area contributed by atoms with Gasteiger partial charge in [-0.1, -0.05) is 35.5 Å². The van der Waals surface area contributed by atoms with Gasteiger partial charge in [-0.25, -0.2) is 0 Å². The third-order valence-electron chi connectivity index (χ3n) is 3.95. The van der Waals surface area contributed by atoms with Gasteiger partial charge in [0.25, 0.3) is 5.91 Å². The van der Waals surface area contributed by atoms with Crippen LogP contribution in [0.15, 0.2) is 54.7 Å². The van der Waals surface area contributed by atoms with Crippen LogP contribution in [-0.2, 0) is 13.5 Å². The molecule has 3 rings (SSSR count). The maximum absolute atomic E-state index is 12.2. The van der Waals surface area contributed by atoms with Gasteiger partial charge in [0.2, 0.25) is 0 Å². The molecule has 6 heteroatoms. The van der Waals surface area contributed by atoms with Gasteiger partial charge in [0, 0.05) is 31.1 Å². The van der Waals surface area contributed by atoms with E-state index in [1.807, 2.05) is 31.2 Å². The lowest BCUT2D eigenvalue weighted by Gasteiger charge is -2.12. The molecule has 0 saturated carbocycles. The first-order chi connectivity index (χ1) is 12.7. The van der Waals surface area contributed by atoms with Crippen molar-refractivity contribution < 1.29 is 9.53 Å². The topological polar surface area (TPSA) is 69.0 Å². The van der Waals surface area contributed by atoms with Crippen molar-refractivity contribution in [2.24, 2.45) is 7.05 Å². The number of benzene rings is 2. The molecule has 2 aromatic carbocycles. The number of nitrogens with one attached hydrogen (secondary N) is 1. The molecule has 0 aliphatic heterocycles. The number of nitrogens with zero attached hydrogens (tertiary/aromatic N) is 3. The van der Waals surface area contributed by atoms with Gasteiger partial charge in [0.1, 0.15) is 11.4 Å². The first kappa shape index (κ1) is 17.7. The number of hydrogen-bond donors (Lipinski definition) is 1. The van der Waals surface area contributed by atoms with Crippen molar-refractivity contribution in [2.75, 3.05) is 13.2 Å². The van der Waals surface area contributed by atoms with Crippen molar-refractivity contribution in [3.8, 4) is 17.0 Å². The number of carbonyl (C=O) groups excluding carboxylic acids is 1. The Kier molecular flexibility index (Phi) is 5.63. The average Bonchev–Trinajstić information content (AvgIpc) is 3.09. The van der Waals surface area contributed by atoms with E-state index in [2.05, 4.69) is 27.8 Å². The van der Waals surface area contributed by atoms with Crippen LogP contribution in [0.3, 0.4) is 0 Å². The van der Waals surface area contributed by atoms with Crippen LogP contribution in [0.1, 0.15) is 22.8 Å². The van der Waals surface area contributed by atoms with Crippen molar-refractivity contribution in [2.45, 2.75) is 13.3 Å². The SMILES string of the molecule is CCNC(=O)c1ccc(OCCc2ccccc2)c(-c2cn(C)nn2)c1. The number of aryl methyl sites for hydroxylation is 1. The third-order valence-corrected chi connectivity index (χ3v) is 3.95. The highest BCUT2D eigenvalue weighted by molar-refractivity contribution is 5.95.